The Morgan fingerprint density at radius 2 is 1.90 bits per heavy atom. The molecule has 0 aliphatic carbocycles. The number of nitrogens with one attached hydrogen (secondary N) is 1. The predicted molar refractivity (Wildman–Crippen MR) is 122 cm³/mol. The Bertz CT molecular complexity index is 1100. The number of phenolic OH excluding ortho intramolecular Hbond substituents is 1. The van der Waals surface area contributed by atoms with Gasteiger partial charge in [0.2, 0.25) is 0 Å². The molecule has 1 aliphatic heterocycles. The highest BCUT2D eigenvalue weighted by atomic mass is 35.5. The number of amides is 1. The SMILES string of the molecule is COc1cc2c(cc1O)CN(Cc1ccccc1CNC(=O)c1cccc(Cl)c1)CC2. The summed E-state index contributed by atoms with van der Waals surface area (Å²) in [5, 5.41) is 13.7. The van der Waals surface area contributed by atoms with E-state index in [1.165, 1.54) is 11.1 Å². The molecule has 5 nitrogen and oxygen atoms in total. The molecule has 4 rings (SSSR count). The molecule has 0 unspecified atom stereocenters. The van der Waals surface area contributed by atoms with E-state index in [4.69, 9.17) is 16.3 Å². The molecule has 1 heterocycles. The van der Waals surface area contributed by atoms with Crippen molar-refractivity contribution < 1.29 is 14.6 Å². The average Bonchev–Trinajstić information content (AvgIpc) is 2.77. The van der Waals surface area contributed by atoms with Crippen molar-refractivity contribution in [2.45, 2.75) is 26.1 Å². The summed E-state index contributed by atoms with van der Waals surface area (Å²) in [6.45, 7) is 2.90. The Labute approximate surface area is 187 Å². The first-order chi connectivity index (χ1) is 15.0. The van der Waals surface area contributed by atoms with E-state index in [0.29, 0.717) is 22.9 Å². The Morgan fingerprint density at radius 1 is 1.10 bits per heavy atom. The normalized spacial score (nSPS) is 13.5. The van der Waals surface area contributed by atoms with Crippen molar-refractivity contribution in [1.29, 1.82) is 0 Å². The molecular weight excluding hydrogens is 412 g/mol. The van der Waals surface area contributed by atoms with Gasteiger partial charge in [0, 0.05) is 36.8 Å². The third-order valence-electron chi connectivity index (χ3n) is 5.63. The monoisotopic (exact) mass is 436 g/mol. The summed E-state index contributed by atoms with van der Waals surface area (Å²) in [6, 6.07) is 18.8. The number of nitrogens with zero attached hydrogens (tertiary/aromatic N) is 1. The molecule has 0 radical (unpaired) electrons. The van der Waals surface area contributed by atoms with Crippen molar-refractivity contribution in [1.82, 2.24) is 10.2 Å². The molecule has 0 saturated carbocycles. The number of hydrogen-bond donors (Lipinski definition) is 2. The van der Waals surface area contributed by atoms with Crippen LogP contribution in [0, 0.1) is 0 Å². The van der Waals surface area contributed by atoms with Crippen LogP contribution in [0.15, 0.2) is 60.7 Å². The van der Waals surface area contributed by atoms with Gasteiger partial charge in [0.1, 0.15) is 0 Å². The Kier molecular flexibility index (Phi) is 6.44. The molecular formula is C25H25ClN2O3. The molecule has 31 heavy (non-hydrogen) atoms. The third-order valence-corrected chi connectivity index (χ3v) is 5.87. The van der Waals surface area contributed by atoms with Gasteiger partial charge in [-0.05, 0) is 59.0 Å². The number of phenols is 1. The minimum absolute atomic E-state index is 0.145. The van der Waals surface area contributed by atoms with E-state index in [2.05, 4.69) is 16.3 Å². The minimum Gasteiger partial charge on any atom is -0.504 e. The molecule has 0 aromatic heterocycles. The highest BCUT2D eigenvalue weighted by molar-refractivity contribution is 6.30. The standard InChI is InChI=1S/C25H25ClN2O3/c1-31-24-13-17-9-10-28(16-21(17)12-23(24)29)15-20-6-3-2-5-19(20)14-27-25(30)18-7-4-8-22(26)11-18/h2-8,11-13,29H,9-10,14-16H2,1H3,(H,27,30). The summed E-state index contributed by atoms with van der Waals surface area (Å²) in [6.07, 6.45) is 0.902. The van der Waals surface area contributed by atoms with Gasteiger partial charge in [-0.2, -0.15) is 0 Å². The fraction of sp³-hybridized carbons (Fsp3) is 0.240. The van der Waals surface area contributed by atoms with Gasteiger partial charge in [-0.15, -0.1) is 0 Å². The number of fused-ring (bicyclic) bond motifs is 1. The quantitative estimate of drug-likeness (QED) is 0.595. The van der Waals surface area contributed by atoms with E-state index in [9.17, 15) is 9.90 Å². The van der Waals surface area contributed by atoms with E-state index >= 15 is 0 Å². The molecule has 0 bridgehead atoms. The van der Waals surface area contributed by atoms with E-state index in [1.807, 2.05) is 24.3 Å². The van der Waals surface area contributed by atoms with Gasteiger partial charge in [0.05, 0.1) is 7.11 Å². The molecule has 0 fully saturated rings. The molecule has 160 valence electrons. The lowest BCUT2D eigenvalue weighted by atomic mass is 9.97. The smallest absolute Gasteiger partial charge is 0.251 e. The highest BCUT2D eigenvalue weighted by Gasteiger charge is 2.20. The van der Waals surface area contributed by atoms with Crippen LogP contribution >= 0.6 is 11.6 Å². The summed E-state index contributed by atoms with van der Waals surface area (Å²) in [4.78, 5) is 14.8. The molecule has 3 aromatic rings. The van der Waals surface area contributed by atoms with Crippen LogP contribution in [-0.2, 0) is 26.1 Å². The average molecular weight is 437 g/mol. The van der Waals surface area contributed by atoms with Gasteiger partial charge in [0.15, 0.2) is 11.5 Å². The van der Waals surface area contributed by atoms with E-state index in [-0.39, 0.29) is 11.7 Å². The number of benzene rings is 3. The van der Waals surface area contributed by atoms with Crippen LogP contribution in [-0.4, -0.2) is 29.6 Å². The van der Waals surface area contributed by atoms with Crippen molar-refractivity contribution in [2.75, 3.05) is 13.7 Å². The summed E-state index contributed by atoms with van der Waals surface area (Å²) in [5.41, 5.74) is 5.15. The first-order valence-corrected chi connectivity index (χ1v) is 10.6. The lowest BCUT2D eigenvalue weighted by molar-refractivity contribution is 0.0950. The first-order valence-electron chi connectivity index (χ1n) is 10.2. The lowest BCUT2D eigenvalue weighted by Gasteiger charge is -2.30. The van der Waals surface area contributed by atoms with Crippen molar-refractivity contribution in [3.05, 3.63) is 93.5 Å². The second kappa shape index (κ2) is 9.41. The molecule has 1 amide bonds. The third kappa shape index (κ3) is 5.01. The Balaban J connectivity index is 1.43. The zero-order chi connectivity index (χ0) is 21.8. The van der Waals surface area contributed by atoms with E-state index in [0.717, 1.165) is 37.2 Å². The molecule has 2 N–H and O–H groups in total. The molecule has 1 aliphatic rings. The number of ether oxygens (including phenoxy) is 1. The second-order valence-corrected chi connectivity index (χ2v) is 8.15. The minimum atomic E-state index is -0.145. The van der Waals surface area contributed by atoms with E-state index in [1.54, 1.807) is 37.4 Å². The van der Waals surface area contributed by atoms with Gasteiger partial charge in [-0.3, -0.25) is 9.69 Å². The molecule has 0 spiro atoms. The van der Waals surface area contributed by atoms with Gasteiger partial charge in [0.25, 0.3) is 5.91 Å². The zero-order valence-corrected chi connectivity index (χ0v) is 18.2. The predicted octanol–water partition coefficient (Wildman–Crippen LogP) is 4.54. The lowest BCUT2D eigenvalue weighted by Crippen LogP contribution is -2.31. The maximum absolute atomic E-state index is 12.5. The zero-order valence-electron chi connectivity index (χ0n) is 17.4. The fourth-order valence-corrected chi connectivity index (χ4v) is 4.15. The number of carbonyl (C=O) groups is 1. The van der Waals surface area contributed by atoms with Crippen molar-refractivity contribution in [3.63, 3.8) is 0 Å². The molecule has 0 atom stereocenters. The number of aromatic hydroxyl groups is 1. The number of rotatable bonds is 6. The number of halogens is 1. The van der Waals surface area contributed by atoms with Crippen LogP contribution in [0.25, 0.3) is 0 Å². The van der Waals surface area contributed by atoms with Gasteiger partial charge >= 0.3 is 0 Å². The van der Waals surface area contributed by atoms with Crippen molar-refractivity contribution in [3.8, 4) is 11.5 Å². The fourth-order valence-electron chi connectivity index (χ4n) is 3.96. The second-order valence-electron chi connectivity index (χ2n) is 7.72. The summed E-state index contributed by atoms with van der Waals surface area (Å²) in [5.74, 6) is 0.550. The maximum atomic E-state index is 12.5. The Morgan fingerprint density at radius 3 is 2.68 bits per heavy atom. The highest BCUT2D eigenvalue weighted by Crippen LogP contribution is 2.32. The largest absolute Gasteiger partial charge is 0.504 e. The van der Waals surface area contributed by atoms with Crippen LogP contribution in [0.2, 0.25) is 5.02 Å². The van der Waals surface area contributed by atoms with Gasteiger partial charge < -0.3 is 15.2 Å². The summed E-state index contributed by atoms with van der Waals surface area (Å²) in [7, 11) is 1.57. The summed E-state index contributed by atoms with van der Waals surface area (Å²) >= 11 is 5.99. The van der Waals surface area contributed by atoms with Crippen molar-refractivity contribution in [2.24, 2.45) is 0 Å². The molecule has 6 heteroatoms. The topological polar surface area (TPSA) is 61.8 Å². The maximum Gasteiger partial charge on any atom is 0.251 e. The van der Waals surface area contributed by atoms with Crippen LogP contribution in [0.5, 0.6) is 11.5 Å². The molecule has 0 saturated heterocycles. The number of carbonyl (C=O) groups excluding carboxylic acids is 1. The van der Waals surface area contributed by atoms with Crippen LogP contribution in [0.4, 0.5) is 0 Å². The van der Waals surface area contributed by atoms with Crippen molar-refractivity contribution >= 4 is 17.5 Å². The Hall–Kier alpha value is -3.02. The van der Waals surface area contributed by atoms with Gasteiger partial charge in [-0.1, -0.05) is 41.9 Å². The van der Waals surface area contributed by atoms with Crippen LogP contribution in [0.1, 0.15) is 32.6 Å². The summed E-state index contributed by atoms with van der Waals surface area (Å²) < 4.78 is 5.23. The number of hydrogen-bond acceptors (Lipinski definition) is 4. The first kappa shape index (κ1) is 21.2. The van der Waals surface area contributed by atoms with Crippen LogP contribution in [0.3, 0.4) is 0 Å². The van der Waals surface area contributed by atoms with Crippen LogP contribution < -0.4 is 10.1 Å². The molecule has 3 aromatic carbocycles. The number of methoxy groups -OCH3 is 1. The van der Waals surface area contributed by atoms with Gasteiger partial charge in [-0.25, -0.2) is 0 Å². The van der Waals surface area contributed by atoms with E-state index < -0.39 is 0 Å².